The Morgan fingerprint density at radius 3 is 1.97 bits per heavy atom. The molecular weight excluding hydrogens is 362 g/mol. The highest BCUT2D eigenvalue weighted by molar-refractivity contribution is 5.11. The molecule has 0 spiro atoms. The Morgan fingerprint density at radius 2 is 1.27 bits per heavy atom. The zero-order valence-electron chi connectivity index (χ0n) is 22.1. The van der Waals surface area contributed by atoms with Crippen LogP contribution in [0, 0.1) is 52.3 Å². The standard InChI is InChI=1S/C24H40.2C2H6.CH5N/c1-16-6-5-14-23(2)20(16)13-15-24(3)21-11-9-17-7-4-8-18(17)19(21)10-12-22(23)24;3*1-2/h16-22H,4-15H2,1-3H3;2*1-2H3;2H2,1H3/t16-,17?,18?,19?,20?,21?,22?,23-,24-;;;/m0.../s1. The maximum absolute atomic E-state index is 4.50. The monoisotopic (exact) mass is 419 g/mol. The number of nitrogens with two attached hydrogens (primary N) is 1. The van der Waals surface area contributed by atoms with Gasteiger partial charge in [0, 0.05) is 0 Å². The van der Waals surface area contributed by atoms with Crippen LogP contribution in [0.1, 0.15) is 126 Å². The van der Waals surface area contributed by atoms with Crippen LogP contribution in [0.15, 0.2) is 0 Å². The summed E-state index contributed by atoms with van der Waals surface area (Å²) in [6.07, 6.45) is 18.8. The summed E-state index contributed by atoms with van der Waals surface area (Å²) in [6, 6.07) is 0. The first-order valence-electron chi connectivity index (χ1n) is 14.1. The Morgan fingerprint density at radius 1 is 0.600 bits per heavy atom. The van der Waals surface area contributed by atoms with Crippen molar-refractivity contribution in [3.8, 4) is 0 Å². The van der Waals surface area contributed by atoms with Crippen molar-refractivity contribution in [1.29, 1.82) is 0 Å². The summed E-state index contributed by atoms with van der Waals surface area (Å²) in [6.45, 7) is 16.1. The second kappa shape index (κ2) is 11.2. The van der Waals surface area contributed by atoms with Gasteiger partial charge in [0.25, 0.3) is 0 Å². The average Bonchev–Trinajstić information content (AvgIpc) is 3.27. The van der Waals surface area contributed by atoms with Crippen LogP contribution in [0.25, 0.3) is 0 Å². The molecule has 0 saturated heterocycles. The lowest BCUT2D eigenvalue weighted by molar-refractivity contribution is -0.174. The molecular formula is C29H57N. The summed E-state index contributed by atoms with van der Waals surface area (Å²) in [5, 5.41) is 0. The van der Waals surface area contributed by atoms with Crippen LogP contribution in [-0.4, -0.2) is 7.05 Å². The summed E-state index contributed by atoms with van der Waals surface area (Å²) in [5.41, 5.74) is 5.88. The molecule has 9 atom stereocenters. The van der Waals surface area contributed by atoms with Crippen molar-refractivity contribution < 1.29 is 0 Å². The Balaban J connectivity index is 0.000000493. The third-order valence-electron chi connectivity index (χ3n) is 10.8. The third-order valence-corrected chi connectivity index (χ3v) is 10.8. The van der Waals surface area contributed by atoms with Gasteiger partial charge in [0.05, 0.1) is 0 Å². The lowest BCUT2D eigenvalue weighted by Crippen LogP contribution is -2.59. The van der Waals surface area contributed by atoms with Gasteiger partial charge in [0.2, 0.25) is 0 Å². The molecule has 0 radical (unpaired) electrons. The average molecular weight is 420 g/mol. The Labute approximate surface area is 190 Å². The molecule has 0 heterocycles. The molecule has 0 aromatic carbocycles. The second-order valence-corrected chi connectivity index (χ2v) is 11.4. The van der Waals surface area contributed by atoms with Crippen LogP contribution < -0.4 is 5.73 Å². The Bertz CT molecular complexity index is 501. The normalized spacial score (nSPS) is 48.5. The van der Waals surface area contributed by atoms with Crippen molar-refractivity contribution in [3.05, 3.63) is 0 Å². The molecule has 2 N–H and O–H groups in total. The van der Waals surface area contributed by atoms with Gasteiger partial charge in [-0.3, -0.25) is 0 Å². The third kappa shape index (κ3) is 4.27. The molecule has 178 valence electrons. The highest BCUT2D eigenvalue weighted by atomic mass is 14.7. The van der Waals surface area contributed by atoms with Crippen molar-refractivity contribution in [3.63, 3.8) is 0 Å². The molecule has 0 bridgehead atoms. The van der Waals surface area contributed by atoms with E-state index >= 15 is 0 Å². The van der Waals surface area contributed by atoms with Gasteiger partial charge in [-0.1, -0.05) is 74.1 Å². The molecule has 0 aromatic heterocycles. The first-order valence-corrected chi connectivity index (χ1v) is 14.1. The molecule has 5 aliphatic rings. The molecule has 1 nitrogen and oxygen atoms in total. The van der Waals surface area contributed by atoms with E-state index in [0.29, 0.717) is 10.8 Å². The smallest absolute Gasteiger partial charge is 0.0195 e. The number of hydrogen-bond donors (Lipinski definition) is 1. The van der Waals surface area contributed by atoms with Crippen LogP contribution in [0.4, 0.5) is 0 Å². The van der Waals surface area contributed by atoms with Gasteiger partial charge < -0.3 is 5.73 Å². The van der Waals surface area contributed by atoms with Crippen LogP contribution >= 0.6 is 0 Å². The molecule has 5 rings (SSSR count). The fraction of sp³-hybridized carbons (Fsp3) is 1.00. The molecule has 5 aliphatic carbocycles. The maximum Gasteiger partial charge on any atom is -0.0195 e. The molecule has 0 amide bonds. The molecule has 6 unspecified atom stereocenters. The summed E-state index contributed by atoms with van der Waals surface area (Å²) in [5.74, 6) is 7.57. The van der Waals surface area contributed by atoms with Gasteiger partial charge >= 0.3 is 0 Å². The van der Waals surface area contributed by atoms with Crippen LogP contribution in [0.3, 0.4) is 0 Å². The van der Waals surface area contributed by atoms with Crippen LogP contribution in [0.2, 0.25) is 0 Å². The van der Waals surface area contributed by atoms with Crippen LogP contribution in [0.5, 0.6) is 0 Å². The number of rotatable bonds is 0. The van der Waals surface area contributed by atoms with E-state index in [1.54, 1.807) is 64.2 Å². The van der Waals surface area contributed by atoms with E-state index in [1.165, 1.54) is 19.9 Å². The Kier molecular flexibility index (Phi) is 9.79. The maximum atomic E-state index is 4.50. The lowest BCUT2D eigenvalue weighted by atomic mass is 9.38. The number of fused-ring (bicyclic) bond motifs is 7. The van der Waals surface area contributed by atoms with Gasteiger partial charge in [0.1, 0.15) is 0 Å². The van der Waals surface area contributed by atoms with Gasteiger partial charge in [-0.2, -0.15) is 0 Å². The molecule has 30 heavy (non-hydrogen) atoms. The second-order valence-electron chi connectivity index (χ2n) is 11.4. The zero-order chi connectivity index (χ0) is 22.5. The van der Waals surface area contributed by atoms with Crippen molar-refractivity contribution in [2.24, 2.45) is 58.0 Å². The molecule has 5 saturated carbocycles. The minimum Gasteiger partial charge on any atom is -0.333 e. The number of hydrogen-bond acceptors (Lipinski definition) is 1. The van der Waals surface area contributed by atoms with E-state index in [2.05, 4.69) is 26.5 Å². The minimum atomic E-state index is 0.683. The van der Waals surface area contributed by atoms with E-state index < -0.39 is 0 Å². The van der Waals surface area contributed by atoms with E-state index in [-0.39, 0.29) is 0 Å². The van der Waals surface area contributed by atoms with Gasteiger partial charge in [0.15, 0.2) is 0 Å². The summed E-state index contributed by atoms with van der Waals surface area (Å²) < 4.78 is 0. The van der Waals surface area contributed by atoms with Crippen molar-refractivity contribution in [1.82, 2.24) is 0 Å². The molecule has 1 heteroatoms. The molecule has 0 aliphatic heterocycles. The quantitative estimate of drug-likeness (QED) is 0.417. The fourth-order valence-corrected chi connectivity index (χ4v) is 9.87. The fourth-order valence-electron chi connectivity index (χ4n) is 9.87. The highest BCUT2D eigenvalue weighted by Crippen LogP contribution is 2.70. The summed E-state index contributed by atoms with van der Waals surface area (Å²) in [4.78, 5) is 0. The van der Waals surface area contributed by atoms with E-state index in [1.807, 2.05) is 27.7 Å². The summed E-state index contributed by atoms with van der Waals surface area (Å²) in [7, 11) is 1.50. The molecule has 5 fully saturated rings. The van der Waals surface area contributed by atoms with Gasteiger partial charge in [-0.05, 0) is 111 Å². The van der Waals surface area contributed by atoms with Gasteiger partial charge in [-0.15, -0.1) is 0 Å². The van der Waals surface area contributed by atoms with Crippen molar-refractivity contribution >= 4 is 0 Å². The van der Waals surface area contributed by atoms with Crippen molar-refractivity contribution in [2.75, 3.05) is 7.05 Å². The highest BCUT2D eigenvalue weighted by Gasteiger charge is 2.61. The summed E-state index contributed by atoms with van der Waals surface area (Å²) >= 11 is 0. The van der Waals surface area contributed by atoms with E-state index in [0.717, 1.165) is 41.4 Å². The predicted molar refractivity (Wildman–Crippen MR) is 135 cm³/mol. The van der Waals surface area contributed by atoms with Gasteiger partial charge in [-0.25, -0.2) is 0 Å². The zero-order valence-corrected chi connectivity index (χ0v) is 22.1. The minimum absolute atomic E-state index is 0.683. The molecule has 0 aromatic rings. The first-order chi connectivity index (χ1) is 14.5. The van der Waals surface area contributed by atoms with E-state index in [4.69, 9.17) is 0 Å². The lowest BCUT2D eigenvalue weighted by Gasteiger charge is -2.66. The SMILES string of the molecule is CC.CC.CN.C[C@H]1CCC[C@@]2(C)C1CC[C@@]1(C)C3CCC4CCCC4C3CCC12. The largest absolute Gasteiger partial charge is 0.333 e. The topological polar surface area (TPSA) is 26.0 Å². The van der Waals surface area contributed by atoms with Crippen molar-refractivity contribution in [2.45, 2.75) is 126 Å². The Hall–Kier alpha value is -0.0400. The first kappa shape index (κ1) is 26.2. The van der Waals surface area contributed by atoms with E-state index in [9.17, 15) is 0 Å². The van der Waals surface area contributed by atoms with Crippen LogP contribution in [-0.2, 0) is 0 Å². The predicted octanol–water partition coefficient (Wildman–Crippen LogP) is 8.71.